The van der Waals surface area contributed by atoms with Gasteiger partial charge in [0.2, 0.25) is 0 Å². The van der Waals surface area contributed by atoms with Crippen molar-refractivity contribution in [2.45, 2.75) is 17.4 Å². The van der Waals surface area contributed by atoms with E-state index in [9.17, 15) is 0 Å². The molecule has 15 heavy (non-hydrogen) atoms. The van der Waals surface area contributed by atoms with Crippen LogP contribution in [0.2, 0.25) is 0 Å². The van der Waals surface area contributed by atoms with Crippen LogP contribution in [0.1, 0.15) is 6.42 Å². The van der Waals surface area contributed by atoms with E-state index in [4.69, 9.17) is 15.2 Å². The average molecular weight is 226 g/mol. The van der Waals surface area contributed by atoms with Crippen LogP contribution in [0.4, 0.5) is 5.82 Å². The molecule has 1 saturated heterocycles. The first-order chi connectivity index (χ1) is 7.34. The third kappa shape index (κ3) is 3.37. The van der Waals surface area contributed by atoms with Gasteiger partial charge < -0.3 is 15.2 Å². The van der Waals surface area contributed by atoms with Crippen molar-refractivity contribution < 1.29 is 9.47 Å². The molecule has 2 heterocycles. The number of ether oxygens (including phenoxy) is 2. The molecule has 1 aliphatic heterocycles. The van der Waals surface area contributed by atoms with Gasteiger partial charge in [0.1, 0.15) is 12.6 Å². The topological polar surface area (TPSA) is 57.4 Å². The number of rotatable bonds is 3. The third-order valence-electron chi connectivity index (χ3n) is 2.17. The lowest BCUT2D eigenvalue weighted by Crippen LogP contribution is -2.25. The van der Waals surface area contributed by atoms with Gasteiger partial charge in [0.25, 0.3) is 0 Å². The highest BCUT2D eigenvalue weighted by Crippen LogP contribution is 2.21. The molecular weight excluding hydrogens is 212 g/mol. The van der Waals surface area contributed by atoms with Crippen LogP contribution in [0.5, 0.6) is 0 Å². The number of nitrogens with two attached hydrogens (primary N) is 1. The number of aromatic nitrogens is 1. The van der Waals surface area contributed by atoms with Gasteiger partial charge in [-0.15, -0.1) is 11.8 Å². The summed E-state index contributed by atoms with van der Waals surface area (Å²) in [6.45, 7) is 1.22. The normalized spacial score (nSPS) is 21.5. The summed E-state index contributed by atoms with van der Waals surface area (Å²) in [7, 11) is 0. The second kappa shape index (κ2) is 5.34. The summed E-state index contributed by atoms with van der Waals surface area (Å²) in [5, 5.41) is 0. The smallest absolute Gasteiger partial charge is 0.147 e. The standard InChI is InChI=1S/C10H14N2O2S/c11-10-2-1-9(5-12-10)15-6-8-3-4-13-7-14-8/h1-2,5,8H,3-4,6-7H2,(H2,11,12). The highest BCUT2D eigenvalue weighted by atomic mass is 32.2. The van der Waals surface area contributed by atoms with Crippen LogP contribution in [-0.4, -0.2) is 30.2 Å². The molecule has 0 saturated carbocycles. The molecule has 2 N–H and O–H groups in total. The zero-order valence-electron chi connectivity index (χ0n) is 8.39. The summed E-state index contributed by atoms with van der Waals surface area (Å²) in [4.78, 5) is 5.16. The van der Waals surface area contributed by atoms with Gasteiger partial charge in [-0.25, -0.2) is 4.98 Å². The Bertz CT molecular complexity index is 299. The van der Waals surface area contributed by atoms with E-state index < -0.39 is 0 Å². The highest BCUT2D eigenvalue weighted by molar-refractivity contribution is 7.99. The van der Waals surface area contributed by atoms with Crippen LogP contribution in [0.25, 0.3) is 0 Å². The van der Waals surface area contributed by atoms with Crippen molar-refractivity contribution in [3.63, 3.8) is 0 Å². The SMILES string of the molecule is Nc1ccc(SCC2CCOCO2)cn1. The number of hydrogen-bond donors (Lipinski definition) is 1. The first-order valence-electron chi connectivity index (χ1n) is 4.88. The highest BCUT2D eigenvalue weighted by Gasteiger charge is 2.14. The molecule has 0 bridgehead atoms. The van der Waals surface area contributed by atoms with Gasteiger partial charge >= 0.3 is 0 Å². The average Bonchev–Trinajstić information content (AvgIpc) is 2.30. The summed E-state index contributed by atoms with van der Waals surface area (Å²) < 4.78 is 10.5. The second-order valence-electron chi connectivity index (χ2n) is 3.33. The van der Waals surface area contributed by atoms with Crippen molar-refractivity contribution in [2.24, 2.45) is 0 Å². The van der Waals surface area contributed by atoms with E-state index in [0.29, 0.717) is 18.7 Å². The fourth-order valence-electron chi connectivity index (χ4n) is 1.30. The summed E-state index contributed by atoms with van der Waals surface area (Å²) >= 11 is 1.74. The zero-order valence-corrected chi connectivity index (χ0v) is 9.20. The predicted octanol–water partition coefficient (Wildman–Crippen LogP) is 1.52. The predicted molar refractivity (Wildman–Crippen MR) is 59.7 cm³/mol. The number of nitrogen functional groups attached to an aromatic ring is 1. The van der Waals surface area contributed by atoms with E-state index >= 15 is 0 Å². The quantitative estimate of drug-likeness (QED) is 0.792. The summed E-state index contributed by atoms with van der Waals surface area (Å²) in [6, 6.07) is 3.79. The van der Waals surface area contributed by atoms with Crippen LogP contribution >= 0.6 is 11.8 Å². The Labute approximate surface area is 93.2 Å². The Morgan fingerprint density at radius 2 is 2.47 bits per heavy atom. The molecule has 2 rings (SSSR count). The van der Waals surface area contributed by atoms with Crippen LogP contribution in [0, 0.1) is 0 Å². The van der Waals surface area contributed by atoms with Crippen LogP contribution in [0.15, 0.2) is 23.2 Å². The largest absolute Gasteiger partial charge is 0.384 e. The van der Waals surface area contributed by atoms with Crippen LogP contribution < -0.4 is 5.73 Å². The maximum atomic E-state index is 5.50. The molecule has 1 aromatic heterocycles. The molecule has 1 aliphatic rings. The van der Waals surface area contributed by atoms with Crippen molar-refractivity contribution >= 4 is 17.6 Å². The molecular formula is C10H14N2O2S. The monoisotopic (exact) mass is 226 g/mol. The van der Waals surface area contributed by atoms with Crippen molar-refractivity contribution in [3.8, 4) is 0 Å². The summed E-state index contributed by atoms with van der Waals surface area (Å²) in [5.41, 5.74) is 5.50. The minimum Gasteiger partial charge on any atom is -0.384 e. The lowest BCUT2D eigenvalue weighted by Gasteiger charge is -2.22. The first kappa shape index (κ1) is 10.7. The zero-order chi connectivity index (χ0) is 10.5. The van der Waals surface area contributed by atoms with Crippen LogP contribution in [-0.2, 0) is 9.47 Å². The Hall–Kier alpha value is -0.780. The molecule has 0 amide bonds. The fourth-order valence-corrected chi connectivity index (χ4v) is 2.23. The summed E-state index contributed by atoms with van der Waals surface area (Å²) in [6.07, 6.45) is 3.05. The molecule has 0 aliphatic carbocycles. The molecule has 1 aromatic rings. The van der Waals surface area contributed by atoms with Crippen molar-refractivity contribution in [3.05, 3.63) is 18.3 Å². The van der Waals surface area contributed by atoms with Gasteiger partial charge in [0.15, 0.2) is 0 Å². The van der Waals surface area contributed by atoms with Gasteiger partial charge in [0, 0.05) is 16.8 Å². The maximum absolute atomic E-state index is 5.50. The van der Waals surface area contributed by atoms with Gasteiger partial charge in [-0.05, 0) is 18.6 Å². The van der Waals surface area contributed by atoms with Gasteiger partial charge in [0.05, 0.1) is 12.7 Å². The molecule has 0 radical (unpaired) electrons. The molecule has 5 heteroatoms. The number of nitrogens with zero attached hydrogens (tertiary/aromatic N) is 1. The van der Waals surface area contributed by atoms with E-state index in [-0.39, 0.29) is 0 Å². The van der Waals surface area contributed by atoms with E-state index in [2.05, 4.69) is 4.98 Å². The van der Waals surface area contributed by atoms with E-state index in [1.54, 1.807) is 18.0 Å². The van der Waals surface area contributed by atoms with Crippen LogP contribution in [0.3, 0.4) is 0 Å². The minimum atomic E-state index is 0.293. The van der Waals surface area contributed by atoms with Gasteiger partial charge in [-0.2, -0.15) is 0 Å². The second-order valence-corrected chi connectivity index (χ2v) is 4.43. The lowest BCUT2D eigenvalue weighted by atomic mass is 10.3. The van der Waals surface area contributed by atoms with Crippen molar-refractivity contribution in [1.29, 1.82) is 0 Å². The lowest BCUT2D eigenvalue weighted by molar-refractivity contribution is -0.130. The fraction of sp³-hybridized carbons (Fsp3) is 0.500. The number of thioether (sulfide) groups is 1. The van der Waals surface area contributed by atoms with Gasteiger partial charge in [-0.3, -0.25) is 0 Å². The molecule has 1 unspecified atom stereocenters. The summed E-state index contributed by atoms with van der Waals surface area (Å²) in [5.74, 6) is 1.50. The molecule has 4 nitrogen and oxygen atoms in total. The van der Waals surface area contributed by atoms with Gasteiger partial charge in [-0.1, -0.05) is 0 Å². The number of hydrogen-bond acceptors (Lipinski definition) is 5. The number of anilines is 1. The number of pyridine rings is 1. The van der Waals surface area contributed by atoms with E-state index in [1.165, 1.54) is 0 Å². The third-order valence-corrected chi connectivity index (χ3v) is 3.28. The Morgan fingerprint density at radius 3 is 3.13 bits per heavy atom. The Balaban J connectivity index is 1.79. The van der Waals surface area contributed by atoms with Crippen molar-refractivity contribution in [1.82, 2.24) is 4.98 Å². The molecule has 0 spiro atoms. The van der Waals surface area contributed by atoms with Crippen molar-refractivity contribution in [2.75, 3.05) is 24.9 Å². The first-order valence-corrected chi connectivity index (χ1v) is 5.87. The molecule has 82 valence electrons. The van der Waals surface area contributed by atoms with E-state index in [0.717, 1.165) is 23.7 Å². The molecule has 1 fully saturated rings. The maximum Gasteiger partial charge on any atom is 0.147 e. The van der Waals surface area contributed by atoms with E-state index in [1.807, 2.05) is 12.1 Å². The minimum absolute atomic E-state index is 0.293. The Morgan fingerprint density at radius 1 is 1.53 bits per heavy atom. The molecule has 1 atom stereocenters. The Kier molecular flexibility index (Phi) is 3.82. The molecule has 0 aromatic carbocycles.